The van der Waals surface area contributed by atoms with E-state index >= 15 is 0 Å². The molecule has 0 saturated carbocycles. The Bertz CT molecular complexity index is 481. The van der Waals surface area contributed by atoms with Crippen molar-refractivity contribution >= 4 is 19.7 Å². The topological polar surface area (TPSA) is 88.5 Å². The summed E-state index contributed by atoms with van der Waals surface area (Å²) >= 11 is 0. The van der Waals surface area contributed by atoms with Gasteiger partial charge in [0, 0.05) is 6.42 Å². The average molecular weight is 362 g/mol. The van der Waals surface area contributed by atoms with Crippen LogP contribution in [0.1, 0.15) is 14.8 Å². The summed E-state index contributed by atoms with van der Waals surface area (Å²) in [7, 11) is -13.3. The molecule has 0 aromatic heterocycles. The quantitative estimate of drug-likeness (QED) is 0.465. The van der Waals surface area contributed by atoms with Crippen molar-refractivity contribution in [2.24, 2.45) is 0 Å². The summed E-state index contributed by atoms with van der Waals surface area (Å²) < 4.78 is 113. The van der Waals surface area contributed by atoms with E-state index in [2.05, 4.69) is 0 Å². The minimum atomic E-state index is -6.64. The zero-order chi connectivity index (χ0) is 15.9. The Kier molecular flexibility index (Phi) is 7.60. The molecule has 5 nitrogen and oxygen atoms in total. The van der Waals surface area contributed by atoms with Crippen molar-refractivity contribution in [3.8, 4) is 0 Å². The Labute approximate surface area is 134 Å². The van der Waals surface area contributed by atoms with E-state index in [1.807, 2.05) is 0 Å². The van der Waals surface area contributed by atoms with E-state index in [0.29, 0.717) is 6.92 Å². The predicted molar refractivity (Wildman–Crippen MR) is 51.1 cm³/mol. The molecule has 0 rings (SSSR count). The fraction of sp³-hybridized carbons (Fsp3) is 1.00. The molecule has 0 aromatic carbocycles. The van der Waals surface area contributed by atoms with E-state index in [1.165, 1.54) is 0 Å². The zero-order valence-corrected chi connectivity index (χ0v) is 13.7. The van der Waals surface area contributed by atoms with Gasteiger partial charge in [-0.3, -0.25) is 0 Å². The number of aliphatic hydroxyl groups is 1. The van der Waals surface area contributed by atoms with Gasteiger partial charge in [-0.05, 0) is 6.92 Å². The van der Waals surface area contributed by atoms with Crippen LogP contribution in [0, 0.1) is 0 Å². The van der Waals surface area contributed by atoms with E-state index in [4.69, 9.17) is 5.11 Å². The van der Waals surface area contributed by atoms with Crippen LogP contribution >= 0.6 is 0 Å². The van der Waals surface area contributed by atoms with Crippen molar-refractivity contribution in [3.63, 3.8) is 0 Å². The Morgan fingerprint density at radius 3 is 1.35 bits per heavy atom. The standard InChI is InChI=1S/C6H8F6O5S2.Na.H/c1-3(13)2-4(18(14,15)5(7,8)9)19(16,17)6(10,11)12;;/h3-4,13H,2H2,1H3;;/q;+1;-1. The number of sulfone groups is 2. The van der Waals surface area contributed by atoms with Gasteiger partial charge in [-0.2, -0.15) is 26.3 Å². The number of hydrogen-bond acceptors (Lipinski definition) is 5. The first-order valence-electron chi connectivity index (χ1n) is 4.33. The molecule has 14 heteroatoms. The smallest absolute Gasteiger partial charge is 1.00 e. The van der Waals surface area contributed by atoms with Gasteiger partial charge in [0.25, 0.3) is 19.7 Å². The van der Waals surface area contributed by atoms with Gasteiger partial charge in [0.2, 0.25) is 0 Å². The van der Waals surface area contributed by atoms with Crippen LogP contribution in [0.4, 0.5) is 26.3 Å². The second-order valence-electron chi connectivity index (χ2n) is 3.50. The first-order valence-corrected chi connectivity index (χ1v) is 7.42. The molecule has 0 bridgehead atoms. The first-order chi connectivity index (χ1) is 8.05. The van der Waals surface area contributed by atoms with Gasteiger partial charge >= 0.3 is 40.6 Å². The van der Waals surface area contributed by atoms with Crippen LogP contribution < -0.4 is 29.6 Å². The molecule has 0 aliphatic heterocycles. The molecule has 0 heterocycles. The van der Waals surface area contributed by atoms with Gasteiger partial charge in [-0.15, -0.1) is 0 Å². The zero-order valence-electron chi connectivity index (χ0n) is 11.0. The van der Waals surface area contributed by atoms with Crippen molar-refractivity contribution in [1.82, 2.24) is 0 Å². The molecule has 0 aliphatic carbocycles. The molecule has 1 N–H and O–H groups in total. The third kappa shape index (κ3) is 4.73. The number of halogens is 6. The summed E-state index contributed by atoms with van der Waals surface area (Å²) in [4.78, 5) is 0. The summed E-state index contributed by atoms with van der Waals surface area (Å²) in [5.41, 5.74) is -12.4. The third-order valence-electron chi connectivity index (χ3n) is 1.87. The average Bonchev–Trinajstić information content (AvgIpc) is 2.09. The number of hydrogen-bond donors (Lipinski definition) is 1. The maximum absolute atomic E-state index is 12.2. The Hall–Kier alpha value is 0.440. The van der Waals surface area contributed by atoms with Crippen molar-refractivity contribution in [2.75, 3.05) is 0 Å². The van der Waals surface area contributed by atoms with Crippen LogP contribution in [0.3, 0.4) is 0 Å². The van der Waals surface area contributed by atoms with Crippen LogP contribution in [0.5, 0.6) is 0 Å². The second kappa shape index (κ2) is 6.69. The predicted octanol–water partition coefficient (Wildman–Crippen LogP) is -1.93. The van der Waals surface area contributed by atoms with Gasteiger partial charge in [-0.1, -0.05) is 0 Å². The molecule has 0 radical (unpaired) electrons. The number of rotatable bonds is 4. The molecule has 1 atom stereocenters. The van der Waals surface area contributed by atoms with Crippen LogP contribution in [0.25, 0.3) is 0 Å². The van der Waals surface area contributed by atoms with Gasteiger partial charge in [0.15, 0.2) is 4.58 Å². The fourth-order valence-electron chi connectivity index (χ4n) is 0.997. The number of aliphatic hydroxyl groups excluding tert-OH is 1. The molecule has 0 aromatic rings. The molecular formula is C6H9F6NaO5S2. The summed E-state index contributed by atoms with van der Waals surface area (Å²) in [6, 6.07) is 0. The summed E-state index contributed by atoms with van der Waals surface area (Å²) in [5, 5.41) is 8.72. The van der Waals surface area contributed by atoms with Crippen LogP contribution in [-0.2, 0) is 19.7 Å². The van der Waals surface area contributed by atoms with E-state index in [9.17, 15) is 43.2 Å². The third-order valence-corrected chi connectivity index (χ3v) is 6.45. The first kappa shape index (κ1) is 22.7. The summed E-state index contributed by atoms with van der Waals surface area (Å²) in [5.74, 6) is 0. The van der Waals surface area contributed by atoms with Crippen LogP contribution in [-0.4, -0.2) is 43.6 Å². The SMILES string of the molecule is CC(O)CC(S(=O)(=O)C(F)(F)F)S(=O)(=O)C(F)(F)F.[H-].[Na+]. The Balaban J connectivity index is -0.00000162. The molecule has 1 unspecified atom stereocenters. The maximum atomic E-state index is 12.2. The molecule has 0 amide bonds. The van der Waals surface area contributed by atoms with Gasteiger partial charge in [-0.25, -0.2) is 16.8 Å². The van der Waals surface area contributed by atoms with Crippen molar-refractivity contribution in [2.45, 2.75) is 35.0 Å². The molecule has 0 aliphatic rings. The molecule has 0 fully saturated rings. The number of alkyl halides is 6. The van der Waals surface area contributed by atoms with Crippen molar-refractivity contribution < 1.29 is 79.3 Å². The van der Waals surface area contributed by atoms with E-state index < -0.39 is 47.8 Å². The van der Waals surface area contributed by atoms with E-state index in [1.54, 1.807) is 0 Å². The van der Waals surface area contributed by atoms with Gasteiger partial charge in [0.05, 0.1) is 6.10 Å². The van der Waals surface area contributed by atoms with Crippen molar-refractivity contribution in [1.29, 1.82) is 0 Å². The Morgan fingerprint density at radius 1 is 0.950 bits per heavy atom. The molecule has 0 saturated heterocycles. The molecule has 20 heavy (non-hydrogen) atoms. The normalized spacial score (nSPS) is 15.8. The van der Waals surface area contributed by atoms with Crippen LogP contribution in [0.2, 0.25) is 0 Å². The monoisotopic (exact) mass is 362 g/mol. The second-order valence-corrected chi connectivity index (χ2v) is 8.04. The fourth-order valence-corrected chi connectivity index (χ4v) is 4.65. The van der Waals surface area contributed by atoms with E-state index in [0.717, 1.165) is 0 Å². The largest absolute Gasteiger partial charge is 1.00 e. The summed E-state index contributed by atoms with van der Waals surface area (Å²) in [6.07, 6.45) is -3.75. The van der Waals surface area contributed by atoms with Crippen molar-refractivity contribution in [3.05, 3.63) is 0 Å². The molecule has 0 spiro atoms. The molecular weight excluding hydrogens is 353 g/mol. The van der Waals surface area contributed by atoms with E-state index in [-0.39, 0.29) is 31.0 Å². The minimum Gasteiger partial charge on any atom is -1.00 e. The maximum Gasteiger partial charge on any atom is 1.00 e. The molecule has 118 valence electrons. The van der Waals surface area contributed by atoms with Gasteiger partial charge in [0.1, 0.15) is 0 Å². The minimum absolute atomic E-state index is 0. The van der Waals surface area contributed by atoms with Crippen LogP contribution in [0.15, 0.2) is 0 Å². The summed E-state index contributed by atoms with van der Waals surface area (Å²) in [6.45, 7) is 0.658. The van der Waals surface area contributed by atoms with Gasteiger partial charge < -0.3 is 6.53 Å². The Morgan fingerprint density at radius 2 is 1.20 bits per heavy atom.